The van der Waals surface area contributed by atoms with Gasteiger partial charge in [0.2, 0.25) is 11.8 Å². The Kier molecular flexibility index (Phi) is 4.58. The molecule has 0 N–H and O–H groups in total. The molecule has 2 saturated heterocycles. The zero-order valence-corrected chi connectivity index (χ0v) is 16.5. The number of hydrogen-bond acceptors (Lipinski definition) is 8. The number of rotatable bonds is 5. The van der Waals surface area contributed by atoms with E-state index in [9.17, 15) is 24.0 Å². The lowest BCUT2D eigenvalue weighted by Crippen LogP contribution is -2.52. The van der Waals surface area contributed by atoms with E-state index in [1.165, 1.54) is 19.1 Å². The van der Waals surface area contributed by atoms with Gasteiger partial charge in [-0.05, 0) is 25.1 Å². The molecule has 0 saturated carbocycles. The smallest absolute Gasteiger partial charge is 0.305 e. The van der Waals surface area contributed by atoms with Crippen LogP contribution in [-0.2, 0) is 33.4 Å². The van der Waals surface area contributed by atoms with Gasteiger partial charge in [-0.3, -0.25) is 24.0 Å². The number of fused-ring (bicyclic) bond motifs is 5. The van der Waals surface area contributed by atoms with Gasteiger partial charge in [0.05, 0.1) is 23.6 Å². The summed E-state index contributed by atoms with van der Waals surface area (Å²) in [5, 5.41) is 0. The van der Waals surface area contributed by atoms with E-state index in [1.807, 2.05) is 0 Å². The van der Waals surface area contributed by atoms with E-state index in [0.29, 0.717) is 5.56 Å². The van der Waals surface area contributed by atoms with E-state index in [0.717, 1.165) is 18.7 Å². The lowest BCUT2D eigenvalue weighted by atomic mass is 9.76. The van der Waals surface area contributed by atoms with Crippen molar-refractivity contribution in [2.24, 2.45) is 11.8 Å². The maximum absolute atomic E-state index is 13.4. The van der Waals surface area contributed by atoms with Crippen LogP contribution in [0, 0.1) is 11.8 Å². The van der Waals surface area contributed by atoms with Crippen molar-refractivity contribution < 1.29 is 38.2 Å². The van der Waals surface area contributed by atoms with E-state index in [-0.39, 0.29) is 11.5 Å². The highest BCUT2D eigenvalue weighted by Crippen LogP contribution is 2.54. The molecule has 0 radical (unpaired) electrons. The Hall–Kier alpha value is -3.33. The number of carbonyl (C=O) groups excluding carboxylic acids is 5. The van der Waals surface area contributed by atoms with Crippen molar-refractivity contribution in [2.45, 2.75) is 38.8 Å². The summed E-state index contributed by atoms with van der Waals surface area (Å²) in [4.78, 5) is 62.5. The number of carbonyl (C=O) groups is 5. The van der Waals surface area contributed by atoms with Crippen molar-refractivity contribution in [3.8, 4) is 0 Å². The van der Waals surface area contributed by atoms with E-state index in [1.54, 1.807) is 24.3 Å². The van der Waals surface area contributed by atoms with Gasteiger partial charge in [0.1, 0.15) is 0 Å². The molecule has 9 heteroatoms. The first-order chi connectivity index (χ1) is 14.2. The number of nitrogens with zero attached hydrogens (tertiary/aromatic N) is 1. The fourth-order valence-corrected chi connectivity index (χ4v) is 4.34. The van der Waals surface area contributed by atoms with Crippen LogP contribution in [0.15, 0.2) is 36.4 Å². The number of Topliss-reactive ketones (excluding diaryl/α,β-unsaturated/α-hetero) is 1. The second-order valence-electron chi connectivity index (χ2n) is 7.47. The predicted molar refractivity (Wildman–Crippen MR) is 100.0 cm³/mol. The van der Waals surface area contributed by atoms with Crippen LogP contribution in [0.2, 0.25) is 0 Å². The molecule has 30 heavy (non-hydrogen) atoms. The molecule has 9 nitrogen and oxygen atoms in total. The number of imide groups is 1. The number of anilines is 1. The maximum atomic E-state index is 13.4. The fourth-order valence-electron chi connectivity index (χ4n) is 4.34. The Labute approximate surface area is 171 Å². The van der Waals surface area contributed by atoms with Gasteiger partial charge in [-0.2, -0.15) is 0 Å². The number of ketones is 1. The van der Waals surface area contributed by atoms with E-state index < -0.39 is 53.6 Å². The molecule has 4 atom stereocenters. The van der Waals surface area contributed by atoms with Gasteiger partial charge in [0.25, 0.3) is 6.29 Å². The van der Waals surface area contributed by atoms with Gasteiger partial charge in [0, 0.05) is 19.4 Å². The molecule has 0 aliphatic carbocycles. The minimum absolute atomic E-state index is 0.206. The molecule has 3 aliphatic rings. The SMILES string of the molecule is CC(=O)OC(OC(C)=O)[C@]12C=C[C@@H](O1)[C@@H]1C(=O)N(c3cccc(C(C)=O)c3)C(=O)[C@@H]12. The van der Waals surface area contributed by atoms with Crippen molar-refractivity contribution in [1.29, 1.82) is 0 Å². The first-order valence-corrected chi connectivity index (χ1v) is 9.36. The van der Waals surface area contributed by atoms with Gasteiger partial charge in [-0.25, -0.2) is 4.90 Å². The van der Waals surface area contributed by atoms with Crippen molar-refractivity contribution in [3.05, 3.63) is 42.0 Å². The zero-order chi connectivity index (χ0) is 21.8. The topological polar surface area (TPSA) is 116 Å². The minimum Gasteiger partial charge on any atom is -0.422 e. The van der Waals surface area contributed by atoms with Crippen LogP contribution in [0.3, 0.4) is 0 Å². The van der Waals surface area contributed by atoms with Crippen LogP contribution >= 0.6 is 0 Å². The highest BCUT2D eigenvalue weighted by Gasteiger charge is 2.72. The zero-order valence-electron chi connectivity index (χ0n) is 16.5. The number of hydrogen-bond donors (Lipinski definition) is 0. The molecule has 4 rings (SSSR count). The summed E-state index contributed by atoms with van der Waals surface area (Å²) in [6.07, 6.45) is 0.850. The van der Waals surface area contributed by atoms with Gasteiger partial charge < -0.3 is 14.2 Å². The molecule has 3 aliphatic heterocycles. The third-order valence-electron chi connectivity index (χ3n) is 5.50. The van der Waals surface area contributed by atoms with E-state index >= 15 is 0 Å². The normalized spacial score (nSPS) is 28.8. The summed E-state index contributed by atoms with van der Waals surface area (Å²) >= 11 is 0. The third kappa shape index (κ3) is 2.85. The van der Waals surface area contributed by atoms with Crippen LogP contribution in [0.5, 0.6) is 0 Å². The number of ether oxygens (including phenoxy) is 3. The molecule has 3 heterocycles. The van der Waals surface area contributed by atoms with Crippen molar-refractivity contribution in [3.63, 3.8) is 0 Å². The van der Waals surface area contributed by atoms with Crippen molar-refractivity contribution in [2.75, 3.05) is 4.90 Å². The molecule has 0 aromatic heterocycles. The van der Waals surface area contributed by atoms with Crippen LogP contribution in [-0.4, -0.2) is 47.5 Å². The quantitative estimate of drug-likeness (QED) is 0.232. The second-order valence-corrected chi connectivity index (χ2v) is 7.47. The second kappa shape index (κ2) is 6.88. The first kappa shape index (κ1) is 20.0. The summed E-state index contributed by atoms with van der Waals surface area (Å²) < 4.78 is 16.2. The fraction of sp³-hybridized carbons (Fsp3) is 0.381. The molecule has 0 unspecified atom stereocenters. The number of esters is 2. The summed E-state index contributed by atoms with van der Waals surface area (Å²) in [6.45, 7) is 3.66. The maximum Gasteiger partial charge on any atom is 0.305 e. The molecular formula is C21H19NO8. The molecule has 2 fully saturated rings. The number of amides is 2. The summed E-state index contributed by atoms with van der Waals surface area (Å²) in [5.41, 5.74) is -0.986. The predicted octanol–water partition coefficient (Wildman–Crippen LogP) is 1.15. The molecule has 1 aromatic carbocycles. The molecule has 2 bridgehead atoms. The Morgan fingerprint density at radius 2 is 1.73 bits per heavy atom. The van der Waals surface area contributed by atoms with Crippen LogP contribution in [0.25, 0.3) is 0 Å². The highest BCUT2D eigenvalue weighted by molar-refractivity contribution is 6.23. The monoisotopic (exact) mass is 413 g/mol. The van der Waals surface area contributed by atoms with Gasteiger partial charge in [-0.15, -0.1) is 0 Å². The standard InChI is InChI=1S/C21H19NO8/c1-10(23)13-5-4-6-14(9-13)22-18(26)16-15-7-8-21(30-15,17(16)19(22)27)20(28-11(2)24)29-12(3)25/h4-9,15-17,20H,1-3H3/t15-,16+,17-,21-/m1/s1. The molecule has 156 valence electrons. The Balaban J connectivity index is 1.75. The van der Waals surface area contributed by atoms with Crippen LogP contribution in [0.1, 0.15) is 31.1 Å². The van der Waals surface area contributed by atoms with Gasteiger partial charge >= 0.3 is 11.9 Å². The Morgan fingerprint density at radius 3 is 2.33 bits per heavy atom. The molecule has 2 amide bonds. The van der Waals surface area contributed by atoms with E-state index in [4.69, 9.17) is 14.2 Å². The molecule has 0 spiro atoms. The average Bonchev–Trinajstić information content (AvgIpc) is 3.32. The lowest BCUT2D eigenvalue weighted by Gasteiger charge is -2.34. The van der Waals surface area contributed by atoms with Crippen molar-refractivity contribution in [1.82, 2.24) is 0 Å². The Bertz CT molecular complexity index is 998. The highest BCUT2D eigenvalue weighted by atomic mass is 16.7. The largest absolute Gasteiger partial charge is 0.422 e. The van der Waals surface area contributed by atoms with Gasteiger partial charge in [0.15, 0.2) is 11.4 Å². The Morgan fingerprint density at radius 1 is 1.07 bits per heavy atom. The molecular weight excluding hydrogens is 394 g/mol. The van der Waals surface area contributed by atoms with Crippen molar-refractivity contribution >= 4 is 35.2 Å². The third-order valence-corrected chi connectivity index (χ3v) is 5.50. The van der Waals surface area contributed by atoms with Crippen LogP contribution < -0.4 is 4.90 Å². The van der Waals surface area contributed by atoms with Crippen LogP contribution in [0.4, 0.5) is 5.69 Å². The summed E-state index contributed by atoms with van der Waals surface area (Å²) in [5.74, 6) is -4.66. The van der Waals surface area contributed by atoms with E-state index in [2.05, 4.69) is 0 Å². The molecule has 1 aromatic rings. The first-order valence-electron chi connectivity index (χ1n) is 9.36. The minimum atomic E-state index is -1.60. The summed E-state index contributed by atoms with van der Waals surface area (Å²) in [7, 11) is 0. The summed E-state index contributed by atoms with van der Waals surface area (Å²) in [6, 6.07) is 6.20. The average molecular weight is 413 g/mol. The van der Waals surface area contributed by atoms with Gasteiger partial charge in [-0.1, -0.05) is 18.2 Å². The number of benzene rings is 1. The lowest BCUT2D eigenvalue weighted by molar-refractivity contribution is -0.226.